The van der Waals surface area contributed by atoms with Crippen molar-refractivity contribution in [1.29, 1.82) is 0 Å². The maximum atomic E-state index is 11.3. The first-order valence-electron chi connectivity index (χ1n) is 5.49. The summed E-state index contributed by atoms with van der Waals surface area (Å²) < 4.78 is 4.93. The molecular weight excluding hydrogens is 270 g/mol. The lowest BCUT2D eigenvalue weighted by molar-refractivity contribution is -0.384. The lowest BCUT2D eigenvalue weighted by Gasteiger charge is -2.08. The molecule has 0 spiro atoms. The van der Waals surface area contributed by atoms with E-state index in [1.807, 2.05) is 0 Å². The van der Waals surface area contributed by atoms with Crippen LogP contribution in [0.4, 0.5) is 11.4 Å². The van der Waals surface area contributed by atoms with Crippen molar-refractivity contribution < 1.29 is 24.4 Å². The topological polar surface area (TPSA) is 131 Å². The van der Waals surface area contributed by atoms with Crippen molar-refractivity contribution in [2.45, 2.75) is 0 Å². The summed E-state index contributed by atoms with van der Waals surface area (Å²) in [5.41, 5.74) is -0.100. The SMILES string of the molecule is COc1ccc([N+](=O)[O-])c(NCC(=O)NCC(=O)O)c1. The van der Waals surface area contributed by atoms with Crippen molar-refractivity contribution in [2.75, 3.05) is 25.5 Å². The van der Waals surface area contributed by atoms with E-state index in [1.54, 1.807) is 0 Å². The Morgan fingerprint density at radius 1 is 1.40 bits per heavy atom. The van der Waals surface area contributed by atoms with E-state index in [1.165, 1.54) is 25.3 Å². The highest BCUT2D eigenvalue weighted by Crippen LogP contribution is 2.28. The molecule has 3 N–H and O–H groups in total. The molecule has 0 aromatic heterocycles. The lowest BCUT2D eigenvalue weighted by atomic mass is 10.2. The highest BCUT2D eigenvalue weighted by Gasteiger charge is 2.15. The second kappa shape index (κ2) is 6.92. The molecule has 0 fully saturated rings. The molecule has 9 heteroatoms. The van der Waals surface area contributed by atoms with Crippen molar-refractivity contribution in [3.8, 4) is 5.75 Å². The quantitative estimate of drug-likeness (QED) is 0.481. The standard InChI is InChI=1S/C11H13N3O6/c1-20-7-2-3-9(14(18)19)8(4-7)12-5-10(15)13-6-11(16)17/h2-4,12H,5-6H2,1H3,(H,13,15)(H,16,17). The largest absolute Gasteiger partial charge is 0.497 e. The maximum Gasteiger partial charge on any atom is 0.322 e. The van der Waals surface area contributed by atoms with E-state index in [2.05, 4.69) is 10.6 Å². The minimum absolute atomic E-state index is 0.111. The Morgan fingerprint density at radius 2 is 2.10 bits per heavy atom. The highest BCUT2D eigenvalue weighted by molar-refractivity contribution is 5.85. The molecule has 0 heterocycles. The van der Waals surface area contributed by atoms with E-state index in [0.29, 0.717) is 5.75 Å². The van der Waals surface area contributed by atoms with Gasteiger partial charge in [0.2, 0.25) is 5.91 Å². The smallest absolute Gasteiger partial charge is 0.322 e. The van der Waals surface area contributed by atoms with E-state index in [-0.39, 0.29) is 17.9 Å². The number of nitro groups is 1. The number of nitrogens with one attached hydrogen (secondary N) is 2. The summed E-state index contributed by atoms with van der Waals surface area (Å²) >= 11 is 0. The first-order chi connectivity index (χ1) is 9.43. The molecule has 9 nitrogen and oxygen atoms in total. The normalized spacial score (nSPS) is 9.65. The minimum Gasteiger partial charge on any atom is -0.497 e. The van der Waals surface area contributed by atoms with E-state index in [9.17, 15) is 19.7 Å². The number of aliphatic carboxylic acids is 1. The van der Waals surface area contributed by atoms with Crippen LogP contribution >= 0.6 is 0 Å². The van der Waals surface area contributed by atoms with Gasteiger partial charge in [0.1, 0.15) is 18.0 Å². The molecule has 0 aliphatic rings. The fourth-order valence-electron chi connectivity index (χ4n) is 1.36. The fourth-order valence-corrected chi connectivity index (χ4v) is 1.36. The van der Waals surface area contributed by atoms with Gasteiger partial charge in [-0.3, -0.25) is 19.7 Å². The molecule has 0 bridgehead atoms. The van der Waals surface area contributed by atoms with Gasteiger partial charge >= 0.3 is 5.97 Å². The van der Waals surface area contributed by atoms with Gasteiger partial charge in [0.05, 0.1) is 18.6 Å². The second-order valence-electron chi connectivity index (χ2n) is 3.66. The van der Waals surface area contributed by atoms with Crippen molar-refractivity contribution in [3.05, 3.63) is 28.3 Å². The average Bonchev–Trinajstić information content (AvgIpc) is 2.42. The van der Waals surface area contributed by atoms with E-state index < -0.39 is 23.3 Å². The molecule has 20 heavy (non-hydrogen) atoms. The van der Waals surface area contributed by atoms with E-state index >= 15 is 0 Å². The number of nitro benzene ring substituents is 1. The summed E-state index contributed by atoms with van der Waals surface area (Å²) in [5.74, 6) is -1.38. The van der Waals surface area contributed by atoms with Crippen LogP contribution in [0, 0.1) is 10.1 Å². The molecule has 0 saturated heterocycles. The van der Waals surface area contributed by atoms with Crippen LogP contribution in [0.2, 0.25) is 0 Å². The molecule has 0 atom stereocenters. The Balaban J connectivity index is 2.72. The van der Waals surface area contributed by atoms with Gasteiger partial charge in [0, 0.05) is 12.1 Å². The molecule has 0 aliphatic heterocycles. The molecule has 1 rings (SSSR count). The van der Waals surface area contributed by atoms with Crippen molar-refractivity contribution in [3.63, 3.8) is 0 Å². The third-order valence-electron chi connectivity index (χ3n) is 2.28. The number of nitrogens with zero attached hydrogens (tertiary/aromatic N) is 1. The number of amides is 1. The lowest BCUT2D eigenvalue weighted by Crippen LogP contribution is -2.33. The Kier molecular flexibility index (Phi) is 5.27. The Bertz CT molecular complexity index is 531. The number of carbonyl (C=O) groups is 2. The van der Waals surface area contributed by atoms with Gasteiger partial charge in [0.15, 0.2) is 0 Å². The summed E-state index contributed by atoms with van der Waals surface area (Å²) in [6.07, 6.45) is 0. The summed E-state index contributed by atoms with van der Waals surface area (Å²) in [6.45, 7) is -0.804. The molecule has 108 valence electrons. The van der Waals surface area contributed by atoms with Crippen molar-refractivity contribution in [1.82, 2.24) is 5.32 Å². The second-order valence-corrected chi connectivity index (χ2v) is 3.66. The fraction of sp³-hybridized carbons (Fsp3) is 0.273. The van der Waals surface area contributed by atoms with Gasteiger partial charge in [-0.25, -0.2) is 0 Å². The molecule has 1 aromatic carbocycles. The maximum absolute atomic E-state index is 11.3. The van der Waals surface area contributed by atoms with Gasteiger partial charge in [-0.1, -0.05) is 0 Å². The third-order valence-corrected chi connectivity index (χ3v) is 2.28. The molecular formula is C11H13N3O6. The summed E-state index contributed by atoms with van der Waals surface area (Å²) in [6, 6.07) is 4.05. The number of benzene rings is 1. The number of carbonyl (C=O) groups excluding carboxylic acids is 1. The summed E-state index contributed by atoms with van der Waals surface area (Å²) in [7, 11) is 1.41. The van der Waals surface area contributed by atoms with Gasteiger partial charge in [-0.2, -0.15) is 0 Å². The van der Waals surface area contributed by atoms with Crippen LogP contribution in [0.15, 0.2) is 18.2 Å². The van der Waals surface area contributed by atoms with Crippen molar-refractivity contribution >= 4 is 23.3 Å². The first-order valence-corrected chi connectivity index (χ1v) is 5.49. The van der Waals surface area contributed by atoms with Crippen LogP contribution in [0.25, 0.3) is 0 Å². The summed E-state index contributed by atoms with van der Waals surface area (Å²) in [5, 5.41) is 23.9. The van der Waals surface area contributed by atoms with Crippen LogP contribution in [0.1, 0.15) is 0 Å². The minimum atomic E-state index is -1.18. The number of hydrogen-bond acceptors (Lipinski definition) is 6. The molecule has 0 aliphatic carbocycles. The highest BCUT2D eigenvalue weighted by atomic mass is 16.6. The number of rotatable bonds is 7. The molecule has 0 radical (unpaired) electrons. The van der Waals surface area contributed by atoms with Gasteiger partial charge < -0.3 is 20.5 Å². The Morgan fingerprint density at radius 3 is 2.65 bits per heavy atom. The predicted octanol–water partition coefficient (Wildman–Crippen LogP) is 0.216. The summed E-state index contributed by atoms with van der Waals surface area (Å²) in [4.78, 5) is 31.8. The molecule has 1 aromatic rings. The molecule has 1 amide bonds. The van der Waals surface area contributed by atoms with Crippen LogP contribution in [0.5, 0.6) is 5.75 Å². The Hall–Kier alpha value is -2.84. The predicted molar refractivity (Wildman–Crippen MR) is 68.8 cm³/mol. The average molecular weight is 283 g/mol. The van der Waals surface area contributed by atoms with Crippen LogP contribution in [-0.2, 0) is 9.59 Å². The first kappa shape index (κ1) is 15.2. The zero-order valence-corrected chi connectivity index (χ0v) is 10.6. The number of anilines is 1. The monoisotopic (exact) mass is 283 g/mol. The van der Waals surface area contributed by atoms with Gasteiger partial charge in [-0.05, 0) is 6.07 Å². The van der Waals surface area contributed by atoms with E-state index in [4.69, 9.17) is 9.84 Å². The number of methoxy groups -OCH3 is 1. The number of hydrogen-bond donors (Lipinski definition) is 3. The zero-order valence-electron chi connectivity index (χ0n) is 10.6. The Labute approximate surface area is 113 Å². The van der Waals surface area contributed by atoms with Crippen LogP contribution in [-0.4, -0.2) is 42.1 Å². The molecule has 0 saturated carbocycles. The van der Waals surface area contributed by atoms with Crippen LogP contribution in [0.3, 0.4) is 0 Å². The number of carboxylic acids is 1. The van der Waals surface area contributed by atoms with Gasteiger partial charge in [0.25, 0.3) is 5.69 Å². The zero-order chi connectivity index (χ0) is 15.1. The number of carboxylic acid groups (broad SMARTS) is 1. The van der Waals surface area contributed by atoms with Crippen molar-refractivity contribution in [2.24, 2.45) is 0 Å². The molecule has 0 unspecified atom stereocenters. The van der Waals surface area contributed by atoms with Gasteiger partial charge in [-0.15, -0.1) is 0 Å². The third kappa shape index (κ3) is 4.44. The van der Waals surface area contributed by atoms with Crippen LogP contribution < -0.4 is 15.4 Å². The van der Waals surface area contributed by atoms with E-state index in [0.717, 1.165) is 0 Å². The number of ether oxygens (including phenoxy) is 1.